The minimum absolute atomic E-state index is 0.893. The Labute approximate surface area is 83.8 Å². The molecule has 0 radical (unpaired) electrons. The number of aryl methyl sites for hydroxylation is 1. The minimum atomic E-state index is 0.893. The summed E-state index contributed by atoms with van der Waals surface area (Å²) in [6, 6.07) is 10.2. The molecule has 0 atom stereocenters. The van der Waals surface area contributed by atoms with E-state index >= 15 is 0 Å². The number of methoxy groups -OCH3 is 1. The lowest BCUT2D eigenvalue weighted by Crippen LogP contribution is -1.82. The van der Waals surface area contributed by atoms with Gasteiger partial charge < -0.3 is 9.30 Å². The van der Waals surface area contributed by atoms with Crippen LogP contribution < -0.4 is 4.74 Å². The normalized spacial score (nSPS) is 10.1. The fourth-order valence-electron chi connectivity index (χ4n) is 1.46. The smallest absolute Gasteiger partial charge is 0.118 e. The summed E-state index contributed by atoms with van der Waals surface area (Å²) in [6.07, 6.45) is 4.14. The van der Waals surface area contributed by atoms with Gasteiger partial charge in [-0.05, 0) is 29.3 Å². The molecule has 0 aliphatic carbocycles. The number of hydrogen-bond acceptors (Lipinski definition) is 1. The molecular formula is C12H13NO. The van der Waals surface area contributed by atoms with Crippen molar-refractivity contribution >= 4 is 0 Å². The van der Waals surface area contributed by atoms with Crippen molar-refractivity contribution in [3.63, 3.8) is 0 Å². The second kappa shape index (κ2) is 3.58. The van der Waals surface area contributed by atoms with Gasteiger partial charge in [0.1, 0.15) is 5.75 Å². The lowest BCUT2D eigenvalue weighted by Gasteiger charge is -2.00. The fraction of sp³-hybridized carbons (Fsp3) is 0.167. The molecule has 0 aliphatic rings. The zero-order chi connectivity index (χ0) is 9.97. The zero-order valence-electron chi connectivity index (χ0n) is 8.40. The van der Waals surface area contributed by atoms with Crippen molar-refractivity contribution in [2.24, 2.45) is 7.05 Å². The summed E-state index contributed by atoms with van der Waals surface area (Å²) in [7, 11) is 3.70. The van der Waals surface area contributed by atoms with Gasteiger partial charge in [-0.1, -0.05) is 12.1 Å². The average Bonchev–Trinajstić information content (AvgIpc) is 2.65. The molecule has 0 saturated carbocycles. The summed E-state index contributed by atoms with van der Waals surface area (Å²) in [6.45, 7) is 0. The van der Waals surface area contributed by atoms with Crippen LogP contribution in [0, 0.1) is 0 Å². The maximum atomic E-state index is 5.11. The highest BCUT2D eigenvalue weighted by Crippen LogP contribution is 2.22. The predicted molar refractivity (Wildman–Crippen MR) is 57.4 cm³/mol. The number of benzene rings is 1. The SMILES string of the molecule is COc1ccc(-c2ccn(C)c2)cc1. The summed E-state index contributed by atoms with van der Waals surface area (Å²) < 4.78 is 7.15. The Balaban J connectivity index is 2.33. The molecule has 14 heavy (non-hydrogen) atoms. The first kappa shape index (κ1) is 8.88. The molecule has 2 heteroatoms. The van der Waals surface area contributed by atoms with Crippen LogP contribution in [0.1, 0.15) is 0 Å². The van der Waals surface area contributed by atoms with Gasteiger partial charge in [0.25, 0.3) is 0 Å². The van der Waals surface area contributed by atoms with Gasteiger partial charge in [0.2, 0.25) is 0 Å². The van der Waals surface area contributed by atoms with E-state index in [1.54, 1.807) is 7.11 Å². The summed E-state index contributed by atoms with van der Waals surface area (Å²) in [5.74, 6) is 0.893. The van der Waals surface area contributed by atoms with Crippen LogP contribution in [0.15, 0.2) is 42.7 Å². The van der Waals surface area contributed by atoms with Crippen molar-refractivity contribution in [3.8, 4) is 16.9 Å². The quantitative estimate of drug-likeness (QED) is 0.705. The Bertz CT molecular complexity index is 414. The van der Waals surface area contributed by atoms with Crippen molar-refractivity contribution in [2.45, 2.75) is 0 Å². The number of hydrogen-bond donors (Lipinski definition) is 0. The first-order valence-electron chi connectivity index (χ1n) is 4.56. The van der Waals surface area contributed by atoms with E-state index in [-0.39, 0.29) is 0 Å². The lowest BCUT2D eigenvalue weighted by molar-refractivity contribution is 0.415. The molecule has 1 aromatic carbocycles. The van der Waals surface area contributed by atoms with Crippen LogP contribution in [-0.4, -0.2) is 11.7 Å². The van der Waals surface area contributed by atoms with E-state index in [2.05, 4.69) is 24.4 Å². The first-order valence-corrected chi connectivity index (χ1v) is 4.56. The second-order valence-electron chi connectivity index (χ2n) is 3.29. The monoisotopic (exact) mass is 187 g/mol. The molecule has 2 rings (SSSR count). The third-order valence-corrected chi connectivity index (χ3v) is 2.26. The molecule has 72 valence electrons. The topological polar surface area (TPSA) is 14.2 Å². The Morgan fingerprint density at radius 1 is 1.00 bits per heavy atom. The van der Waals surface area contributed by atoms with Crippen molar-refractivity contribution in [1.29, 1.82) is 0 Å². The molecule has 1 heterocycles. The van der Waals surface area contributed by atoms with Gasteiger partial charge in [-0.15, -0.1) is 0 Å². The average molecular weight is 187 g/mol. The van der Waals surface area contributed by atoms with Crippen LogP contribution in [-0.2, 0) is 7.05 Å². The zero-order valence-corrected chi connectivity index (χ0v) is 8.40. The van der Waals surface area contributed by atoms with Gasteiger partial charge in [-0.25, -0.2) is 0 Å². The molecule has 0 aliphatic heterocycles. The van der Waals surface area contributed by atoms with Gasteiger partial charge in [-0.2, -0.15) is 0 Å². The van der Waals surface area contributed by atoms with E-state index in [4.69, 9.17) is 4.74 Å². The molecule has 0 N–H and O–H groups in total. The molecular weight excluding hydrogens is 174 g/mol. The highest BCUT2D eigenvalue weighted by atomic mass is 16.5. The Morgan fingerprint density at radius 3 is 2.21 bits per heavy atom. The van der Waals surface area contributed by atoms with E-state index in [1.165, 1.54) is 11.1 Å². The maximum absolute atomic E-state index is 5.11. The van der Waals surface area contributed by atoms with Crippen molar-refractivity contribution in [3.05, 3.63) is 42.7 Å². The fourth-order valence-corrected chi connectivity index (χ4v) is 1.46. The summed E-state index contributed by atoms with van der Waals surface area (Å²) >= 11 is 0. The van der Waals surface area contributed by atoms with Gasteiger partial charge in [0.15, 0.2) is 0 Å². The van der Waals surface area contributed by atoms with Crippen molar-refractivity contribution < 1.29 is 4.74 Å². The van der Waals surface area contributed by atoms with Crippen LogP contribution >= 0.6 is 0 Å². The van der Waals surface area contributed by atoms with Gasteiger partial charge in [-0.3, -0.25) is 0 Å². The van der Waals surface area contributed by atoms with Gasteiger partial charge >= 0.3 is 0 Å². The van der Waals surface area contributed by atoms with Crippen molar-refractivity contribution in [2.75, 3.05) is 7.11 Å². The molecule has 0 bridgehead atoms. The third-order valence-electron chi connectivity index (χ3n) is 2.26. The molecule has 0 amide bonds. The molecule has 2 aromatic rings. The van der Waals surface area contributed by atoms with E-state index in [1.807, 2.05) is 29.9 Å². The standard InChI is InChI=1S/C12H13NO/c1-13-8-7-11(9-13)10-3-5-12(14-2)6-4-10/h3-9H,1-2H3. The Morgan fingerprint density at radius 2 is 1.71 bits per heavy atom. The molecule has 0 fully saturated rings. The summed E-state index contributed by atoms with van der Waals surface area (Å²) in [5.41, 5.74) is 2.45. The second-order valence-corrected chi connectivity index (χ2v) is 3.29. The first-order chi connectivity index (χ1) is 6.79. The van der Waals surface area contributed by atoms with E-state index < -0.39 is 0 Å². The van der Waals surface area contributed by atoms with Crippen LogP contribution in [0.5, 0.6) is 5.75 Å². The Kier molecular flexibility index (Phi) is 2.27. The number of aromatic nitrogens is 1. The molecule has 2 nitrogen and oxygen atoms in total. The predicted octanol–water partition coefficient (Wildman–Crippen LogP) is 2.70. The summed E-state index contributed by atoms with van der Waals surface area (Å²) in [5, 5.41) is 0. The molecule has 1 aromatic heterocycles. The lowest BCUT2D eigenvalue weighted by atomic mass is 10.1. The highest BCUT2D eigenvalue weighted by molar-refractivity contribution is 5.63. The largest absolute Gasteiger partial charge is 0.497 e. The van der Waals surface area contributed by atoms with E-state index in [0.29, 0.717) is 0 Å². The van der Waals surface area contributed by atoms with Gasteiger partial charge in [0.05, 0.1) is 7.11 Å². The van der Waals surface area contributed by atoms with E-state index in [0.717, 1.165) is 5.75 Å². The third kappa shape index (κ3) is 1.64. The van der Waals surface area contributed by atoms with Crippen LogP contribution in [0.2, 0.25) is 0 Å². The minimum Gasteiger partial charge on any atom is -0.497 e. The van der Waals surface area contributed by atoms with Gasteiger partial charge in [0, 0.05) is 19.4 Å². The van der Waals surface area contributed by atoms with Crippen molar-refractivity contribution in [1.82, 2.24) is 4.57 Å². The Hall–Kier alpha value is -1.70. The molecule has 0 spiro atoms. The van der Waals surface area contributed by atoms with Crippen LogP contribution in [0.25, 0.3) is 11.1 Å². The molecule has 0 unspecified atom stereocenters. The highest BCUT2D eigenvalue weighted by Gasteiger charge is 1.98. The number of rotatable bonds is 2. The van der Waals surface area contributed by atoms with E-state index in [9.17, 15) is 0 Å². The number of nitrogens with zero attached hydrogens (tertiary/aromatic N) is 1. The summed E-state index contributed by atoms with van der Waals surface area (Å²) in [4.78, 5) is 0. The van der Waals surface area contributed by atoms with Crippen LogP contribution in [0.4, 0.5) is 0 Å². The van der Waals surface area contributed by atoms with Crippen LogP contribution in [0.3, 0.4) is 0 Å². The molecule has 0 saturated heterocycles. The number of ether oxygens (including phenoxy) is 1. The maximum Gasteiger partial charge on any atom is 0.118 e.